The van der Waals surface area contributed by atoms with Crippen molar-refractivity contribution in [3.05, 3.63) is 51.2 Å². The molecule has 2 nitrogen and oxygen atoms in total. The van der Waals surface area contributed by atoms with E-state index in [1.165, 1.54) is 6.20 Å². The van der Waals surface area contributed by atoms with Crippen LogP contribution in [0.3, 0.4) is 0 Å². The fraction of sp³-hybridized carbons (Fsp3) is 0. The molecule has 0 unspecified atom stereocenters. The average molecular weight is 284 g/mol. The number of halogens is 3. The molecule has 0 aliphatic heterocycles. The lowest BCUT2D eigenvalue weighted by Crippen LogP contribution is -1.89. The van der Waals surface area contributed by atoms with Crippen molar-refractivity contribution in [2.45, 2.75) is 0 Å². The second-order valence-corrected chi connectivity index (χ2v) is 4.54. The predicted octanol–water partition coefficient (Wildman–Crippen LogP) is 4.58. The molecule has 0 saturated carbocycles. The smallest absolute Gasteiger partial charge is 0.148 e. The highest BCUT2D eigenvalue weighted by molar-refractivity contribution is 6.42. The summed E-state index contributed by atoms with van der Waals surface area (Å²) in [5.41, 5.74) is 1.69. The summed E-state index contributed by atoms with van der Waals surface area (Å²) in [6, 6.07) is 8.80. The quantitative estimate of drug-likeness (QED) is 0.768. The van der Waals surface area contributed by atoms with E-state index in [-0.39, 0.29) is 0 Å². The topological polar surface area (TPSA) is 36.7 Å². The summed E-state index contributed by atoms with van der Waals surface area (Å²) >= 11 is 17.6. The molecule has 1 aromatic heterocycles. The van der Waals surface area contributed by atoms with Gasteiger partial charge in [-0.05, 0) is 23.8 Å². The maximum absolute atomic E-state index is 8.98. The Morgan fingerprint density at radius 3 is 2.47 bits per heavy atom. The lowest BCUT2D eigenvalue weighted by molar-refractivity contribution is 1.26. The van der Waals surface area contributed by atoms with E-state index in [4.69, 9.17) is 40.1 Å². The minimum absolute atomic E-state index is 0.299. The molecule has 0 fully saturated rings. The van der Waals surface area contributed by atoms with Gasteiger partial charge in [0.2, 0.25) is 0 Å². The van der Waals surface area contributed by atoms with E-state index >= 15 is 0 Å². The van der Waals surface area contributed by atoms with Crippen LogP contribution in [-0.4, -0.2) is 4.98 Å². The van der Waals surface area contributed by atoms with Crippen LogP contribution in [0.4, 0.5) is 0 Å². The molecule has 84 valence electrons. The molecule has 0 radical (unpaired) electrons. The van der Waals surface area contributed by atoms with Crippen molar-refractivity contribution in [1.29, 1.82) is 5.26 Å². The van der Waals surface area contributed by atoms with Gasteiger partial charge in [-0.1, -0.05) is 40.9 Å². The number of benzene rings is 1. The standard InChI is InChI=1S/C12H5Cl3N2/c13-8-4-9(12(5-16)17-6-8)7-1-2-10(14)11(15)3-7/h1-4,6H. The Morgan fingerprint density at radius 2 is 1.82 bits per heavy atom. The first kappa shape index (κ1) is 12.2. The monoisotopic (exact) mass is 282 g/mol. The number of hydrogen-bond acceptors (Lipinski definition) is 2. The number of pyridine rings is 1. The van der Waals surface area contributed by atoms with Gasteiger partial charge >= 0.3 is 0 Å². The third-order valence-corrected chi connectivity index (χ3v) is 3.14. The zero-order chi connectivity index (χ0) is 12.4. The Hall–Kier alpha value is -1.27. The van der Waals surface area contributed by atoms with Crippen LogP contribution in [0.15, 0.2) is 30.5 Å². The molecule has 0 amide bonds. The van der Waals surface area contributed by atoms with Gasteiger partial charge in [0, 0.05) is 11.8 Å². The highest BCUT2D eigenvalue weighted by atomic mass is 35.5. The summed E-state index contributed by atoms with van der Waals surface area (Å²) in [6.45, 7) is 0. The molecule has 2 rings (SSSR count). The molecule has 1 heterocycles. The van der Waals surface area contributed by atoms with Crippen molar-refractivity contribution in [2.24, 2.45) is 0 Å². The Morgan fingerprint density at radius 1 is 1.06 bits per heavy atom. The van der Waals surface area contributed by atoms with E-state index in [0.717, 1.165) is 5.56 Å². The summed E-state index contributed by atoms with van der Waals surface area (Å²) in [6.07, 6.45) is 1.43. The van der Waals surface area contributed by atoms with Crippen molar-refractivity contribution in [2.75, 3.05) is 0 Å². The first-order valence-corrected chi connectivity index (χ1v) is 5.76. The molecule has 0 aliphatic carbocycles. The van der Waals surface area contributed by atoms with Crippen LogP contribution in [-0.2, 0) is 0 Å². The lowest BCUT2D eigenvalue weighted by Gasteiger charge is -2.05. The maximum atomic E-state index is 8.98. The minimum Gasteiger partial charge on any atom is -0.243 e. The summed E-state index contributed by atoms with van der Waals surface area (Å²) < 4.78 is 0. The average Bonchev–Trinajstić information content (AvgIpc) is 2.32. The van der Waals surface area contributed by atoms with Crippen LogP contribution in [0, 0.1) is 11.3 Å². The molecule has 5 heteroatoms. The fourth-order valence-corrected chi connectivity index (χ4v) is 1.87. The second-order valence-electron chi connectivity index (χ2n) is 3.29. The second kappa shape index (κ2) is 4.93. The Balaban J connectivity index is 2.63. The van der Waals surface area contributed by atoms with Gasteiger partial charge in [-0.25, -0.2) is 4.98 Å². The van der Waals surface area contributed by atoms with Crippen molar-refractivity contribution in [1.82, 2.24) is 4.98 Å². The van der Waals surface area contributed by atoms with E-state index in [1.54, 1.807) is 24.3 Å². The lowest BCUT2D eigenvalue weighted by atomic mass is 10.0. The van der Waals surface area contributed by atoms with E-state index < -0.39 is 0 Å². The van der Waals surface area contributed by atoms with Crippen molar-refractivity contribution in [3.63, 3.8) is 0 Å². The molecular weight excluding hydrogens is 279 g/mol. The summed E-state index contributed by atoms with van der Waals surface area (Å²) in [5, 5.41) is 10.3. The first-order valence-electron chi connectivity index (χ1n) is 4.63. The van der Waals surface area contributed by atoms with E-state index in [1.807, 2.05) is 6.07 Å². The Bertz CT molecular complexity index is 618. The normalized spacial score (nSPS) is 10.0. The SMILES string of the molecule is N#Cc1ncc(Cl)cc1-c1ccc(Cl)c(Cl)c1. The van der Waals surface area contributed by atoms with Crippen molar-refractivity contribution >= 4 is 34.8 Å². The fourth-order valence-electron chi connectivity index (χ4n) is 1.41. The van der Waals surface area contributed by atoms with Crippen LogP contribution < -0.4 is 0 Å². The van der Waals surface area contributed by atoms with Gasteiger partial charge < -0.3 is 0 Å². The molecule has 0 atom stereocenters. The first-order chi connectivity index (χ1) is 8.11. The molecule has 0 saturated heterocycles. The van der Waals surface area contributed by atoms with Crippen molar-refractivity contribution in [3.8, 4) is 17.2 Å². The number of nitriles is 1. The molecular formula is C12H5Cl3N2. The van der Waals surface area contributed by atoms with Crippen LogP contribution in [0.25, 0.3) is 11.1 Å². The van der Waals surface area contributed by atoms with Gasteiger partial charge in [0.05, 0.1) is 15.1 Å². The van der Waals surface area contributed by atoms with Crippen LogP contribution in [0.2, 0.25) is 15.1 Å². The number of hydrogen-bond donors (Lipinski definition) is 0. The van der Waals surface area contributed by atoms with Crippen molar-refractivity contribution < 1.29 is 0 Å². The van der Waals surface area contributed by atoms with E-state index in [2.05, 4.69) is 4.98 Å². The third kappa shape index (κ3) is 2.53. The molecule has 0 aliphatic rings. The van der Waals surface area contributed by atoms with Gasteiger partial charge in [0.25, 0.3) is 0 Å². The van der Waals surface area contributed by atoms with E-state index in [0.29, 0.717) is 26.3 Å². The summed E-state index contributed by atoms with van der Waals surface area (Å²) in [5.74, 6) is 0. The molecule has 17 heavy (non-hydrogen) atoms. The Kier molecular flexibility index (Phi) is 3.54. The van der Waals surface area contributed by atoms with Gasteiger partial charge in [0.15, 0.2) is 0 Å². The van der Waals surface area contributed by atoms with Crippen LogP contribution in [0.1, 0.15) is 5.69 Å². The summed E-state index contributed by atoms with van der Waals surface area (Å²) in [4.78, 5) is 3.96. The van der Waals surface area contributed by atoms with Gasteiger partial charge in [-0.2, -0.15) is 5.26 Å². The van der Waals surface area contributed by atoms with Gasteiger partial charge in [-0.15, -0.1) is 0 Å². The molecule has 0 spiro atoms. The number of nitrogens with zero attached hydrogens (tertiary/aromatic N) is 2. The molecule has 0 N–H and O–H groups in total. The van der Waals surface area contributed by atoms with Crippen LogP contribution >= 0.6 is 34.8 Å². The van der Waals surface area contributed by atoms with Crippen LogP contribution in [0.5, 0.6) is 0 Å². The third-order valence-electron chi connectivity index (χ3n) is 2.19. The number of aromatic nitrogens is 1. The highest BCUT2D eigenvalue weighted by Gasteiger charge is 2.09. The van der Waals surface area contributed by atoms with E-state index in [9.17, 15) is 0 Å². The predicted molar refractivity (Wildman–Crippen MR) is 69.4 cm³/mol. The zero-order valence-electron chi connectivity index (χ0n) is 8.42. The number of rotatable bonds is 1. The van der Waals surface area contributed by atoms with Gasteiger partial charge in [0.1, 0.15) is 11.8 Å². The Labute approximate surface area is 113 Å². The maximum Gasteiger partial charge on any atom is 0.148 e. The molecule has 0 bridgehead atoms. The molecule has 2 aromatic rings. The molecule has 1 aromatic carbocycles. The highest BCUT2D eigenvalue weighted by Crippen LogP contribution is 2.30. The minimum atomic E-state index is 0.299. The van der Waals surface area contributed by atoms with Gasteiger partial charge in [-0.3, -0.25) is 0 Å². The zero-order valence-corrected chi connectivity index (χ0v) is 10.7. The summed E-state index contributed by atoms with van der Waals surface area (Å²) in [7, 11) is 0. The largest absolute Gasteiger partial charge is 0.243 e.